The number of anilines is 1. The van der Waals surface area contributed by atoms with Gasteiger partial charge in [-0.2, -0.15) is 0 Å². The van der Waals surface area contributed by atoms with E-state index in [9.17, 15) is 0 Å². The third kappa shape index (κ3) is 3.90. The van der Waals surface area contributed by atoms with Crippen molar-refractivity contribution in [3.8, 4) is 0 Å². The Morgan fingerprint density at radius 1 is 1.45 bits per heavy atom. The van der Waals surface area contributed by atoms with Crippen molar-refractivity contribution in [1.82, 2.24) is 14.9 Å². The maximum Gasteiger partial charge on any atom is 0.150 e. The predicted molar refractivity (Wildman–Crippen MR) is 81.2 cm³/mol. The van der Waals surface area contributed by atoms with Gasteiger partial charge in [-0.15, -0.1) is 0 Å². The predicted octanol–water partition coefficient (Wildman–Crippen LogP) is 1.50. The van der Waals surface area contributed by atoms with Gasteiger partial charge in [0.05, 0.1) is 18.0 Å². The maximum atomic E-state index is 5.15. The number of aryl methyl sites for hydroxylation is 2. The van der Waals surface area contributed by atoms with E-state index in [0.717, 1.165) is 43.4 Å². The number of likely N-dealkylation sites (tertiary alicyclic amines) is 1. The van der Waals surface area contributed by atoms with Crippen LogP contribution in [0.2, 0.25) is 0 Å². The van der Waals surface area contributed by atoms with Crippen LogP contribution in [0.3, 0.4) is 0 Å². The highest BCUT2D eigenvalue weighted by atomic mass is 16.5. The zero-order valence-corrected chi connectivity index (χ0v) is 13.1. The van der Waals surface area contributed by atoms with Crippen molar-refractivity contribution in [2.45, 2.75) is 20.3 Å². The zero-order valence-electron chi connectivity index (χ0n) is 13.1. The molecule has 1 aliphatic heterocycles. The van der Waals surface area contributed by atoms with Crippen molar-refractivity contribution < 1.29 is 4.74 Å². The van der Waals surface area contributed by atoms with Crippen LogP contribution in [0, 0.1) is 19.8 Å². The molecule has 1 fully saturated rings. The Bertz CT molecular complexity index is 438. The lowest BCUT2D eigenvalue weighted by molar-refractivity contribution is 0.159. The number of hydrogen-bond acceptors (Lipinski definition) is 5. The van der Waals surface area contributed by atoms with E-state index in [1.807, 2.05) is 20.0 Å². The molecule has 0 radical (unpaired) electrons. The second-order valence-corrected chi connectivity index (χ2v) is 5.75. The Hall–Kier alpha value is -1.20. The summed E-state index contributed by atoms with van der Waals surface area (Å²) >= 11 is 0. The minimum absolute atomic E-state index is 0.707. The first-order valence-electron chi connectivity index (χ1n) is 7.33. The summed E-state index contributed by atoms with van der Waals surface area (Å²) in [5, 5.41) is 0. The SMILES string of the molecule is COCCN1CCC(CN(C)c2nc(C)cnc2C)C1. The minimum Gasteiger partial charge on any atom is -0.383 e. The molecule has 2 rings (SSSR count). The molecule has 0 saturated carbocycles. The van der Waals surface area contributed by atoms with Crippen LogP contribution in [0.5, 0.6) is 0 Å². The molecule has 5 heteroatoms. The maximum absolute atomic E-state index is 5.15. The van der Waals surface area contributed by atoms with Crippen LogP contribution in [-0.2, 0) is 4.74 Å². The lowest BCUT2D eigenvalue weighted by Gasteiger charge is -2.23. The van der Waals surface area contributed by atoms with Crippen molar-refractivity contribution in [3.05, 3.63) is 17.6 Å². The van der Waals surface area contributed by atoms with Crippen LogP contribution >= 0.6 is 0 Å². The van der Waals surface area contributed by atoms with E-state index in [2.05, 4.69) is 26.8 Å². The Kier molecular flexibility index (Phi) is 5.31. The lowest BCUT2D eigenvalue weighted by Crippen LogP contribution is -2.30. The zero-order chi connectivity index (χ0) is 14.5. The molecule has 1 saturated heterocycles. The fourth-order valence-corrected chi connectivity index (χ4v) is 2.85. The third-order valence-electron chi connectivity index (χ3n) is 3.93. The summed E-state index contributed by atoms with van der Waals surface area (Å²) in [5.41, 5.74) is 1.98. The molecule has 1 aromatic heterocycles. The van der Waals surface area contributed by atoms with Crippen molar-refractivity contribution >= 4 is 5.82 Å². The Labute approximate surface area is 122 Å². The van der Waals surface area contributed by atoms with E-state index in [-0.39, 0.29) is 0 Å². The number of nitrogens with zero attached hydrogens (tertiary/aromatic N) is 4. The van der Waals surface area contributed by atoms with Crippen LogP contribution in [0.1, 0.15) is 17.8 Å². The van der Waals surface area contributed by atoms with E-state index in [1.54, 1.807) is 7.11 Å². The Balaban J connectivity index is 1.89. The fraction of sp³-hybridized carbons (Fsp3) is 0.733. The molecule has 0 aliphatic carbocycles. The first-order valence-corrected chi connectivity index (χ1v) is 7.33. The average molecular weight is 278 g/mol. The van der Waals surface area contributed by atoms with Crippen molar-refractivity contribution in [2.75, 3.05) is 51.8 Å². The molecule has 20 heavy (non-hydrogen) atoms. The molecular weight excluding hydrogens is 252 g/mol. The molecule has 0 amide bonds. The van der Waals surface area contributed by atoms with Gasteiger partial charge < -0.3 is 14.5 Å². The van der Waals surface area contributed by atoms with Crippen molar-refractivity contribution in [3.63, 3.8) is 0 Å². The summed E-state index contributed by atoms with van der Waals surface area (Å²) in [6, 6.07) is 0. The van der Waals surface area contributed by atoms with E-state index in [1.165, 1.54) is 13.0 Å². The normalized spacial score (nSPS) is 19.5. The van der Waals surface area contributed by atoms with E-state index in [4.69, 9.17) is 4.74 Å². The van der Waals surface area contributed by atoms with Gasteiger partial charge in [0.15, 0.2) is 0 Å². The van der Waals surface area contributed by atoms with E-state index < -0.39 is 0 Å². The van der Waals surface area contributed by atoms with Crippen molar-refractivity contribution in [2.24, 2.45) is 5.92 Å². The number of aromatic nitrogens is 2. The quantitative estimate of drug-likeness (QED) is 0.789. The average Bonchev–Trinajstić information content (AvgIpc) is 2.86. The van der Waals surface area contributed by atoms with Crippen LogP contribution in [-0.4, -0.2) is 61.8 Å². The molecule has 1 atom stereocenters. The van der Waals surface area contributed by atoms with Crippen LogP contribution in [0.15, 0.2) is 6.20 Å². The lowest BCUT2D eigenvalue weighted by atomic mass is 10.1. The Morgan fingerprint density at radius 3 is 3.00 bits per heavy atom. The molecule has 0 N–H and O–H groups in total. The highest BCUT2D eigenvalue weighted by molar-refractivity contribution is 5.42. The van der Waals surface area contributed by atoms with Crippen LogP contribution in [0.25, 0.3) is 0 Å². The first-order chi connectivity index (χ1) is 9.60. The summed E-state index contributed by atoms with van der Waals surface area (Å²) in [6.45, 7) is 9.27. The summed E-state index contributed by atoms with van der Waals surface area (Å²) in [4.78, 5) is 13.7. The summed E-state index contributed by atoms with van der Waals surface area (Å²) in [7, 11) is 3.88. The highest BCUT2D eigenvalue weighted by Gasteiger charge is 2.24. The van der Waals surface area contributed by atoms with Gasteiger partial charge in [0.1, 0.15) is 5.82 Å². The smallest absolute Gasteiger partial charge is 0.150 e. The number of rotatable bonds is 6. The van der Waals surface area contributed by atoms with Gasteiger partial charge in [0.25, 0.3) is 0 Å². The van der Waals surface area contributed by atoms with E-state index >= 15 is 0 Å². The first kappa shape index (κ1) is 15.2. The van der Waals surface area contributed by atoms with Crippen molar-refractivity contribution in [1.29, 1.82) is 0 Å². The van der Waals surface area contributed by atoms with E-state index in [0.29, 0.717) is 5.92 Å². The van der Waals surface area contributed by atoms with Gasteiger partial charge in [0.2, 0.25) is 0 Å². The van der Waals surface area contributed by atoms with Gasteiger partial charge in [-0.3, -0.25) is 4.98 Å². The van der Waals surface area contributed by atoms with Gasteiger partial charge >= 0.3 is 0 Å². The monoisotopic (exact) mass is 278 g/mol. The summed E-state index contributed by atoms with van der Waals surface area (Å²) < 4.78 is 5.15. The molecule has 1 unspecified atom stereocenters. The molecule has 112 valence electrons. The minimum atomic E-state index is 0.707. The summed E-state index contributed by atoms with van der Waals surface area (Å²) in [5.74, 6) is 1.72. The van der Waals surface area contributed by atoms with Gasteiger partial charge in [-0.1, -0.05) is 0 Å². The number of ether oxygens (including phenoxy) is 1. The largest absolute Gasteiger partial charge is 0.383 e. The number of methoxy groups -OCH3 is 1. The molecule has 1 aliphatic rings. The van der Waals surface area contributed by atoms with Gasteiger partial charge in [-0.05, 0) is 32.7 Å². The van der Waals surface area contributed by atoms with Crippen LogP contribution in [0.4, 0.5) is 5.82 Å². The second kappa shape index (κ2) is 6.99. The summed E-state index contributed by atoms with van der Waals surface area (Å²) in [6.07, 6.45) is 3.08. The second-order valence-electron chi connectivity index (χ2n) is 5.75. The molecule has 0 bridgehead atoms. The molecule has 0 aromatic carbocycles. The third-order valence-corrected chi connectivity index (χ3v) is 3.93. The molecule has 1 aromatic rings. The molecule has 0 spiro atoms. The Morgan fingerprint density at radius 2 is 2.25 bits per heavy atom. The molecule has 2 heterocycles. The standard InChI is InChI=1S/C15H26N4O/c1-12-9-16-13(2)15(17-12)18(3)10-14-5-6-19(11-14)7-8-20-4/h9,14H,5-8,10-11H2,1-4H3. The molecule has 5 nitrogen and oxygen atoms in total. The van der Waals surface area contributed by atoms with Gasteiger partial charge in [0, 0.05) is 40.0 Å². The topological polar surface area (TPSA) is 41.5 Å². The highest BCUT2D eigenvalue weighted by Crippen LogP contribution is 2.20. The van der Waals surface area contributed by atoms with Gasteiger partial charge in [-0.25, -0.2) is 4.98 Å². The fourth-order valence-electron chi connectivity index (χ4n) is 2.85. The molecular formula is C15H26N4O. The van der Waals surface area contributed by atoms with Crippen LogP contribution < -0.4 is 4.90 Å². The number of hydrogen-bond donors (Lipinski definition) is 0.